The van der Waals surface area contributed by atoms with Gasteiger partial charge in [0.15, 0.2) is 0 Å². The smallest absolute Gasteiger partial charge is 0.283 e. The number of benzene rings is 2. The van der Waals surface area contributed by atoms with E-state index in [1.807, 2.05) is 19.1 Å². The fourth-order valence-corrected chi connectivity index (χ4v) is 4.64. The van der Waals surface area contributed by atoms with E-state index < -0.39 is 41.2 Å². The molecule has 2 heterocycles. The van der Waals surface area contributed by atoms with Crippen LogP contribution < -0.4 is 5.32 Å². The second-order valence-electron chi connectivity index (χ2n) is 7.36. The topological polar surface area (TPSA) is 59.8 Å². The number of amides is 1. The second kappa shape index (κ2) is 9.11. The lowest BCUT2D eigenvalue weighted by atomic mass is 10.2. The van der Waals surface area contributed by atoms with Crippen molar-refractivity contribution in [2.24, 2.45) is 0 Å². The highest BCUT2D eigenvalue weighted by molar-refractivity contribution is 7.21. The average Bonchev–Trinajstić information content (AvgIpc) is 3.34. The molecule has 1 amide bonds. The van der Waals surface area contributed by atoms with Crippen molar-refractivity contribution >= 4 is 44.7 Å². The van der Waals surface area contributed by atoms with Crippen molar-refractivity contribution < 1.29 is 22.4 Å². The third-order valence-electron chi connectivity index (χ3n) is 5.02. The number of thiazole rings is 1. The highest BCUT2D eigenvalue weighted by Gasteiger charge is 2.31. The Bertz CT molecular complexity index is 1320. The van der Waals surface area contributed by atoms with Crippen molar-refractivity contribution in [3.05, 3.63) is 64.4 Å². The summed E-state index contributed by atoms with van der Waals surface area (Å²) >= 11 is 7.20. The van der Waals surface area contributed by atoms with E-state index in [-0.39, 0.29) is 0 Å². The monoisotopic (exact) mass is 496 g/mol. The molecule has 0 fully saturated rings. The van der Waals surface area contributed by atoms with E-state index in [1.165, 1.54) is 6.92 Å². The number of carbonyl (C=O) groups excluding carboxylic acids is 1. The molecular weight excluding hydrogens is 480 g/mol. The predicted octanol–water partition coefficient (Wildman–Crippen LogP) is 7.20. The van der Waals surface area contributed by atoms with Crippen LogP contribution >= 0.6 is 22.9 Å². The Kier molecular flexibility index (Phi) is 6.40. The van der Waals surface area contributed by atoms with E-state index in [0.29, 0.717) is 10.4 Å². The van der Waals surface area contributed by atoms with Crippen molar-refractivity contribution in [3.8, 4) is 10.6 Å². The van der Waals surface area contributed by atoms with E-state index in [2.05, 4.69) is 21.5 Å². The molecule has 0 aliphatic rings. The molecule has 4 rings (SSSR count). The minimum atomic E-state index is -3.18. The Morgan fingerprint density at radius 3 is 2.42 bits per heavy atom. The molecule has 0 bridgehead atoms. The van der Waals surface area contributed by atoms with Gasteiger partial charge in [-0.2, -0.15) is 5.10 Å². The molecule has 11 heteroatoms. The minimum absolute atomic E-state index is 0.401. The molecule has 0 aliphatic carbocycles. The summed E-state index contributed by atoms with van der Waals surface area (Å²) < 4.78 is 54.5. The lowest BCUT2D eigenvalue weighted by molar-refractivity contribution is -0.119. The molecule has 2 aromatic heterocycles. The Labute approximate surface area is 195 Å². The summed E-state index contributed by atoms with van der Waals surface area (Å²) in [5, 5.41) is 6.02. The fourth-order valence-electron chi connectivity index (χ4n) is 3.29. The van der Waals surface area contributed by atoms with E-state index in [9.17, 15) is 22.4 Å². The molecule has 0 radical (unpaired) electrons. The first-order chi connectivity index (χ1) is 15.7. The van der Waals surface area contributed by atoms with Crippen LogP contribution in [0.15, 0.2) is 42.5 Å². The molecule has 1 atom stereocenters. The summed E-state index contributed by atoms with van der Waals surface area (Å²) in [6, 6.07) is 11.5. The molecule has 0 saturated carbocycles. The maximum atomic E-state index is 13.4. The molecule has 0 saturated heterocycles. The number of aromatic nitrogens is 3. The number of fused-ring (bicyclic) bond motifs is 1. The molecule has 2 aromatic carbocycles. The van der Waals surface area contributed by atoms with Crippen molar-refractivity contribution in [1.82, 2.24) is 14.8 Å². The highest BCUT2D eigenvalue weighted by Crippen LogP contribution is 2.36. The molecule has 0 aliphatic heterocycles. The van der Waals surface area contributed by atoms with Crippen molar-refractivity contribution in [2.75, 3.05) is 5.32 Å². The Morgan fingerprint density at radius 2 is 1.79 bits per heavy atom. The zero-order chi connectivity index (χ0) is 23.9. The highest BCUT2D eigenvalue weighted by atomic mass is 35.5. The Hall–Kier alpha value is -2.98. The number of hydrogen-bond acceptors (Lipinski definition) is 4. The van der Waals surface area contributed by atoms with Gasteiger partial charge in [0.05, 0.1) is 15.2 Å². The summed E-state index contributed by atoms with van der Waals surface area (Å²) in [5.41, 5.74) is 1.37. The van der Waals surface area contributed by atoms with Gasteiger partial charge in [-0.05, 0) is 55.8 Å². The normalized spacial score (nSPS) is 12.6. The van der Waals surface area contributed by atoms with Gasteiger partial charge in [0.25, 0.3) is 12.9 Å². The Balaban J connectivity index is 1.53. The quantitative estimate of drug-likeness (QED) is 0.287. The van der Waals surface area contributed by atoms with E-state index in [0.717, 1.165) is 26.4 Å². The number of hydrogen-bond donors (Lipinski definition) is 1. The number of nitrogens with one attached hydrogen (secondary N) is 1. The van der Waals surface area contributed by atoms with E-state index >= 15 is 0 Å². The van der Waals surface area contributed by atoms with Gasteiger partial charge in [0, 0.05) is 11.3 Å². The van der Waals surface area contributed by atoms with Crippen LogP contribution in [0, 0.1) is 6.92 Å². The van der Waals surface area contributed by atoms with Gasteiger partial charge >= 0.3 is 0 Å². The van der Waals surface area contributed by atoms with E-state index in [4.69, 9.17) is 11.6 Å². The molecule has 1 N–H and O–H groups in total. The Morgan fingerprint density at radius 1 is 1.09 bits per heavy atom. The summed E-state index contributed by atoms with van der Waals surface area (Å²) in [6.45, 7) is 3.28. The van der Waals surface area contributed by atoms with Crippen LogP contribution in [0.3, 0.4) is 0 Å². The van der Waals surface area contributed by atoms with Gasteiger partial charge in [-0.1, -0.05) is 17.7 Å². The average molecular weight is 497 g/mol. The first-order valence-electron chi connectivity index (χ1n) is 9.78. The standard InChI is InChI=1S/C22H17ClF4N4OS/c1-10-3-8-14-15(9-10)33-22(29-14)12-4-6-13(7-5-12)28-21(32)11(2)31-18(20(26)27)16(23)17(30-31)19(24)25/h3-9,11,19-20H,1-2H3,(H,28,32). The maximum absolute atomic E-state index is 13.4. The first kappa shape index (κ1) is 23.2. The fraction of sp³-hybridized carbons (Fsp3) is 0.227. The molecule has 172 valence electrons. The molecule has 5 nitrogen and oxygen atoms in total. The largest absolute Gasteiger partial charge is 0.324 e. The molecule has 33 heavy (non-hydrogen) atoms. The summed E-state index contributed by atoms with van der Waals surface area (Å²) in [4.78, 5) is 17.2. The van der Waals surface area contributed by atoms with Crippen molar-refractivity contribution in [3.63, 3.8) is 0 Å². The number of alkyl halides is 4. The predicted molar refractivity (Wildman–Crippen MR) is 120 cm³/mol. The second-order valence-corrected chi connectivity index (χ2v) is 8.77. The van der Waals surface area contributed by atoms with Crippen molar-refractivity contribution in [2.45, 2.75) is 32.7 Å². The summed E-state index contributed by atoms with van der Waals surface area (Å²) in [7, 11) is 0. The lowest BCUT2D eigenvalue weighted by Gasteiger charge is -2.15. The third kappa shape index (κ3) is 4.58. The number of carbonyl (C=O) groups is 1. The van der Waals surface area contributed by atoms with Gasteiger partial charge in [0.1, 0.15) is 22.4 Å². The van der Waals surface area contributed by atoms with Crippen LogP contribution in [0.5, 0.6) is 0 Å². The lowest BCUT2D eigenvalue weighted by Crippen LogP contribution is -2.26. The molecular formula is C22H17ClF4N4OS. The molecule has 4 aromatic rings. The maximum Gasteiger partial charge on any atom is 0.283 e. The number of rotatable bonds is 6. The van der Waals surface area contributed by atoms with Gasteiger partial charge in [-0.25, -0.2) is 27.2 Å². The number of anilines is 1. The van der Waals surface area contributed by atoms with Gasteiger partial charge < -0.3 is 5.32 Å². The summed E-state index contributed by atoms with van der Waals surface area (Å²) in [6.07, 6.45) is -6.32. The van der Waals surface area contributed by atoms with Crippen LogP contribution in [0.2, 0.25) is 5.02 Å². The SMILES string of the molecule is Cc1ccc2nc(-c3ccc(NC(=O)C(C)n4nc(C(F)F)c(Cl)c4C(F)F)cc3)sc2c1. The summed E-state index contributed by atoms with van der Waals surface area (Å²) in [5.74, 6) is -0.708. The van der Waals surface area contributed by atoms with Crippen LogP contribution in [0.4, 0.5) is 23.2 Å². The molecule has 0 spiro atoms. The van der Waals surface area contributed by atoms with Crippen LogP contribution in [0.1, 0.15) is 42.8 Å². The number of nitrogens with zero attached hydrogens (tertiary/aromatic N) is 3. The van der Waals surface area contributed by atoms with Crippen molar-refractivity contribution in [1.29, 1.82) is 0 Å². The van der Waals surface area contributed by atoms with E-state index in [1.54, 1.807) is 35.6 Å². The zero-order valence-electron chi connectivity index (χ0n) is 17.3. The number of aryl methyl sites for hydroxylation is 1. The van der Waals surface area contributed by atoms with Crippen LogP contribution in [-0.2, 0) is 4.79 Å². The van der Waals surface area contributed by atoms with Gasteiger partial charge in [0.2, 0.25) is 5.91 Å². The number of halogens is 5. The molecule has 1 unspecified atom stereocenters. The van der Waals surface area contributed by atoms with Gasteiger partial charge in [-0.3, -0.25) is 4.79 Å². The first-order valence-corrected chi connectivity index (χ1v) is 11.0. The van der Waals surface area contributed by atoms with Crippen LogP contribution in [0.25, 0.3) is 20.8 Å². The van der Waals surface area contributed by atoms with Gasteiger partial charge in [-0.15, -0.1) is 11.3 Å². The van der Waals surface area contributed by atoms with Crippen LogP contribution in [-0.4, -0.2) is 20.7 Å². The zero-order valence-corrected chi connectivity index (χ0v) is 18.9. The third-order valence-corrected chi connectivity index (χ3v) is 6.47. The minimum Gasteiger partial charge on any atom is -0.324 e.